The van der Waals surface area contributed by atoms with Crippen molar-refractivity contribution in [3.63, 3.8) is 0 Å². The molecule has 1 fully saturated rings. The molecule has 1 aromatic heterocycles. The van der Waals surface area contributed by atoms with E-state index in [1.807, 2.05) is 25.1 Å². The van der Waals surface area contributed by atoms with E-state index in [1.165, 1.54) is 12.1 Å². The van der Waals surface area contributed by atoms with Crippen LogP contribution in [0.15, 0.2) is 42.5 Å². The van der Waals surface area contributed by atoms with Crippen molar-refractivity contribution in [2.24, 2.45) is 0 Å². The maximum atomic E-state index is 14.1. The molecular weight excluding hydrogens is 505 g/mol. The highest BCUT2D eigenvalue weighted by Gasteiger charge is 2.32. The average Bonchev–Trinajstić information content (AvgIpc) is 3.54. The number of benzene rings is 2. The Morgan fingerprint density at radius 1 is 1.26 bits per heavy atom. The number of nitrogens with one attached hydrogen (secondary N) is 2. The van der Waals surface area contributed by atoms with Gasteiger partial charge in [-0.05, 0) is 67.2 Å². The number of amides is 2. The first-order valence-corrected chi connectivity index (χ1v) is 14.4. The quantitative estimate of drug-likeness (QED) is 0.396. The first-order chi connectivity index (χ1) is 18.2. The molecule has 3 aromatic rings. The van der Waals surface area contributed by atoms with E-state index in [0.717, 1.165) is 11.1 Å². The SMILES string of the molecule is Cc1[nH]c(C=C2C(=O)Nc3cccc(-c4cccc(F)c4)c32)c(CCCS(C)=O)c1C(=O)N1CC[C@@H](O)C1. The van der Waals surface area contributed by atoms with Crippen molar-refractivity contribution in [2.75, 3.05) is 30.4 Å². The van der Waals surface area contributed by atoms with Gasteiger partial charge >= 0.3 is 0 Å². The fourth-order valence-electron chi connectivity index (χ4n) is 5.34. The van der Waals surface area contributed by atoms with E-state index in [-0.39, 0.29) is 24.2 Å². The molecular formula is C29H30FN3O4S. The Kier molecular flexibility index (Phi) is 7.32. The summed E-state index contributed by atoms with van der Waals surface area (Å²) in [6.07, 6.45) is 4.51. The van der Waals surface area contributed by atoms with Crippen LogP contribution in [0.25, 0.3) is 22.8 Å². The highest BCUT2D eigenvalue weighted by Crippen LogP contribution is 2.41. The maximum Gasteiger partial charge on any atom is 0.256 e. The number of aromatic nitrogens is 1. The number of anilines is 1. The molecule has 2 aliphatic rings. The number of halogens is 1. The van der Waals surface area contributed by atoms with Crippen LogP contribution in [0, 0.1) is 12.7 Å². The van der Waals surface area contributed by atoms with E-state index in [9.17, 15) is 23.3 Å². The molecule has 7 nitrogen and oxygen atoms in total. The third-order valence-corrected chi connectivity index (χ3v) is 7.96. The molecule has 2 amide bonds. The zero-order valence-electron chi connectivity index (χ0n) is 21.3. The third-order valence-electron chi connectivity index (χ3n) is 7.10. The summed E-state index contributed by atoms with van der Waals surface area (Å²) in [7, 11) is -0.978. The van der Waals surface area contributed by atoms with Crippen LogP contribution in [0.4, 0.5) is 10.1 Å². The minimum absolute atomic E-state index is 0.163. The van der Waals surface area contributed by atoms with Gasteiger partial charge in [-0.25, -0.2) is 4.39 Å². The minimum atomic E-state index is -0.978. The van der Waals surface area contributed by atoms with E-state index in [2.05, 4.69) is 10.3 Å². The van der Waals surface area contributed by atoms with Gasteiger partial charge < -0.3 is 20.3 Å². The largest absolute Gasteiger partial charge is 0.391 e. The lowest BCUT2D eigenvalue weighted by Gasteiger charge is -2.17. The molecule has 1 unspecified atom stereocenters. The number of carbonyl (C=O) groups is 2. The summed E-state index contributed by atoms with van der Waals surface area (Å²) in [5.41, 5.74) is 5.70. The standard InChI is InChI=1S/C29H30FN3O4S/c1-17-26(29(36)33-12-11-20(34)16-33)22(9-5-13-38(2)37)25(31-17)15-23-27-21(18-6-3-7-19(30)14-18)8-4-10-24(27)32-28(23)35/h3-4,6-8,10,14-15,20,31,34H,5,9,11-13,16H2,1-2H3,(H,32,35)/t20-,38?/m1/s1. The molecule has 0 aliphatic carbocycles. The van der Waals surface area contributed by atoms with E-state index in [4.69, 9.17) is 0 Å². The van der Waals surface area contributed by atoms with Gasteiger partial charge in [-0.3, -0.25) is 13.8 Å². The van der Waals surface area contributed by atoms with E-state index in [0.29, 0.717) is 70.9 Å². The Balaban J connectivity index is 1.61. The number of rotatable bonds is 7. The lowest BCUT2D eigenvalue weighted by molar-refractivity contribution is -0.110. The smallest absolute Gasteiger partial charge is 0.256 e. The van der Waals surface area contributed by atoms with Crippen molar-refractivity contribution in [1.29, 1.82) is 0 Å². The molecule has 0 spiro atoms. The summed E-state index contributed by atoms with van der Waals surface area (Å²) in [6.45, 7) is 2.58. The van der Waals surface area contributed by atoms with Crippen LogP contribution in [0.2, 0.25) is 0 Å². The number of hydrogen-bond donors (Lipinski definition) is 3. The van der Waals surface area contributed by atoms with Gasteiger partial charge in [0.25, 0.3) is 11.8 Å². The van der Waals surface area contributed by atoms with Crippen molar-refractivity contribution < 1.29 is 23.3 Å². The van der Waals surface area contributed by atoms with Gasteiger partial charge in [0.15, 0.2) is 0 Å². The lowest BCUT2D eigenvalue weighted by atomic mass is 9.93. The Morgan fingerprint density at radius 3 is 2.76 bits per heavy atom. The number of likely N-dealkylation sites (tertiary alicyclic amines) is 1. The first-order valence-electron chi connectivity index (χ1n) is 12.6. The molecule has 2 aliphatic heterocycles. The van der Waals surface area contributed by atoms with Crippen LogP contribution in [0.5, 0.6) is 0 Å². The zero-order valence-corrected chi connectivity index (χ0v) is 22.2. The van der Waals surface area contributed by atoms with Crippen LogP contribution < -0.4 is 5.32 Å². The van der Waals surface area contributed by atoms with E-state index in [1.54, 1.807) is 29.4 Å². The second-order valence-corrected chi connectivity index (χ2v) is 11.4. The summed E-state index contributed by atoms with van der Waals surface area (Å²) < 4.78 is 25.8. The predicted octanol–water partition coefficient (Wildman–Crippen LogP) is 4.14. The van der Waals surface area contributed by atoms with Crippen molar-refractivity contribution >= 4 is 40.0 Å². The molecule has 0 saturated carbocycles. The van der Waals surface area contributed by atoms with Crippen LogP contribution >= 0.6 is 0 Å². The first kappa shape index (κ1) is 26.1. The number of hydrogen-bond acceptors (Lipinski definition) is 4. The normalized spacial score (nSPS) is 18.6. The highest BCUT2D eigenvalue weighted by molar-refractivity contribution is 7.84. The monoisotopic (exact) mass is 535 g/mol. The zero-order chi connectivity index (χ0) is 27.0. The number of aromatic amines is 1. The van der Waals surface area contributed by atoms with Crippen LogP contribution in [-0.2, 0) is 22.0 Å². The van der Waals surface area contributed by atoms with Crippen LogP contribution in [0.1, 0.15) is 45.7 Å². The Bertz CT molecular complexity index is 1480. The van der Waals surface area contributed by atoms with Crippen molar-refractivity contribution in [2.45, 2.75) is 32.3 Å². The molecule has 0 bridgehead atoms. The van der Waals surface area contributed by atoms with Crippen molar-refractivity contribution in [3.8, 4) is 11.1 Å². The van der Waals surface area contributed by atoms with Gasteiger partial charge in [0, 0.05) is 58.5 Å². The number of fused-ring (bicyclic) bond motifs is 1. The number of aliphatic hydroxyl groups is 1. The van der Waals surface area contributed by atoms with E-state index >= 15 is 0 Å². The third kappa shape index (κ3) is 5.08. The molecule has 3 heterocycles. The van der Waals surface area contributed by atoms with Gasteiger partial charge in [-0.15, -0.1) is 0 Å². The molecule has 3 N–H and O–H groups in total. The number of nitrogens with zero attached hydrogens (tertiary/aromatic N) is 1. The fraction of sp³-hybridized carbons (Fsp3) is 0.310. The summed E-state index contributed by atoms with van der Waals surface area (Å²) in [4.78, 5) is 31.6. The molecule has 0 radical (unpaired) electrons. The predicted molar refractivity (Wildman–Crippen MR) is 148 cm³/mol. The van der Waals surface area contributed by atoms with Crippen LogP contribution in [0.3, 0.4) is 0 Å². The van der Waals surface area contributed by atoms with Crippen molar-refractivity contribution in [1.82, 2.24) is 9.88 Å². The molecule has 2 atom stereocenters. The minimum Gasteiger partial charge on any atom is -0.391 e. The topological polar surface area (TPSA) is 102 Å². The molecule has 9 heteroatoms. The summed E-state index contributed by atoms with van der Waals surface area (Å²) in [5, 5.41) is 12.9. The summed E-state index contributed by atoms with van der Waals surface area (Å²) in [6, 6.07) is 11.7. The molecule has 1 saturated heterocycles. The van der Waals surface area contributed by atoms with Gasteiger partial charge in [-0.2, -0.15) is 0 Å². The van der Waals surface area contributed by atoms with Gasteiger partial charge in [-0.1, -0.05) is 24.3 Å². The molecule has 5 rings (SSSR count). The number of H-pyrrole nitrogens is 1. The number of aliphatic hydroxyl groups excluding tert-OH is 1. The fourth-order valence-corrected chi connectivity index (χ4v) is 5.89. The number of carbonyl (C=O) groups excluding carboxylic acids is 2. The second-order valence-electron chi connectivity index (χ2n) is 9.84. The Morgan fingerprint density at radius 2 is 2.05 bits per heavy atom. The Hall–Kier alpha value is -3.56. The van der Waals surface area contributed by atoms with Gasteiger partial charge in [0.2, 0.25) is 0 Å². The lowest BCUT2D eigenvalue weighted by Crippen LogP contribution is -2.30. The van der Waals surface area contributed by atoms with Gasteiger partial charge in [0.05, 0.1) is 17.2 Å². The molecule has 198 valence electrons. The van der Waals surface area contributed by atoms with Crippen LogP contribution in [-0.4, -0.2) is 62.2 Å². The molecule has 2 aromatic carbocycles. The maximum absolute atomic E-state index is 14.1. The second kappa shape index (κ2) is 10.7. The highest BCUT2D eigenvalue weighted by atomic mass is 32.2. The summed E-state index contributed by atoms with van der Waals surface area (Å²) >= 11 is 0. The number of aryl methyl sites for hydroxylation is 1. The summed E-state index contributed by atoms with van der Waals surface area (Å²) in [5.74, 6) is -0.325. The molecule has 38 heavy (non-hydrogen) atoms. The van der Waals surface area contributed by atoms with E-state index < -0.39 is 16.9 Å². The number of β-amino-alcohol motifs (C(OH)–C–C–N with tert-alkyl or cyclic N) is 1. The average molecular weight is 536 g/mol. The van der Waals surface area contributed by atoms with Crippen molar-refractivity contribution in [3.05, 3.63) is 76.4 Å². The van der Waals surface area contributed by atoms with Gasteiger partial charge in [0.1, 0.15) is 5.82 Å². The Labute approximate surface area is 223 Å².